The van der Waals surface area contributed by atoms with Crippen LogP contribution in [0.2, 0.25) is 0 Å². The van der Waals surface area contributed by atoms with E-state index in [1.165, 1.54) is 5.56 Å². The number of rotatable bonds is 4. The molecule has 1 atom stereocenters. The number of benzene rings is 1. The molecule has 7 heteroatoms. The number of nitrogen functional groups attached to an aromatic ring is 1. The third kappa shape index (κ3) is 4.12. The van der Waals surface area contributed by atoms with Gasteiger partial charge in [-0.05, 0) is 38.0 Å². The first-order valence-electron chi connectivity index (χ1n) is 8.32. The number of pyridine rings is 1. The van der Waals surface area contributed by atoms with Gasteiger partial charge in [0.2, 0.25) is 0 Å². The molecule has 1 fully saturated rings. The maximum Gasteiger partial charge on any atom is 0.404 e. The van der Waals surface area contributed by atoms with Gasteiger partial charge in [-0.3, -0.25) is 0 Å². The number of primary amides is 1. The second-order valence-corrected chi connectivity index (χ2v) is 6.23. The van der Waals surface area contributed by atoms with E-state index in [1.807, 2.05) is 37.3 Å². The maximum atomic E-state index is 11.0. The van der Waals surface area contributed by atoms with Gasteiger partial charge in [0.1, 0.15) is 6.10 Å². The van der Waals surface area contributed by atoms with E-state index in [0.717, 1.165) is 30.8 Å². The summed E-state index contributed by atoms with van der Waals surface area (Å²) in [7, 11) is 0. The van der Waals surface area contributed by atoms with Crippen molar-refractivity contribution >= 4 is 29.0 Å². The summed E-state index contributed by atoms with van der Waals surface area (Å²) in [5, 5.41) is 3.25. The van der Waals surface area contributed by atoms with E-state index >= 15 is 0 Å². The molecule has 1 saturated heterocycles. The molecule has 1 aliphatic heterocycles. The second kappa shape index (κ2) is 7.29. The first kappa shape index (κ1) is 16.9. The molecule has 132 valence electrons. The first-order valence-corrected chi connectivity index (χ1v) is 8.32. The van der Waals surface area contributed by atoms with Crippen molar-refractivity contribution in [3.63, 3.8) is 0 Å². The molecule has 25 heavy (non-hydrogen) atoms. The van der Waals surface area contributed by atoms with Gasteiger partial charge < -0.3 is 26.4 Å². The monoisotopic (exact) mass is 341 g/mol. The minimum atomic E-state index is -0.740. The quantitative estimate of drug-likeness (QED) is 0.789. The highest BCUT2D eigenvalue weighted by Gasteiger charge is 2.24. The van der Waals surface area contributed by atoms with Crippen molar-refractivity contribution < 1.29 is 9.53 Å². The molecule has 0 unspecified atom stereocenters. The normalized spacial score (nSPS) is 17.2. The average molecular weight is 341 g/mol. The largest absolute Gasteiger partial charge is 0.445 e. The number of hydrogen-bond donors (Lipinski definition) is 3. The third-order valence-corrected chi connectivity index (χ3v) is 4.28. The van der Waals surface area contributed by atoms with Gasteiger partial charge in [-0.2, -0.15) is 0 Å². The number of anilines is 4. The molecule has 1 aliphatic rings. The van der Waals surface area contributed by atoms with Crippen molar-refractivity contribution in [1.82, 2.24) is 4.98 Å². The smallest absolute Gasteiger partial charge is 0.404 e. The number of amides is 1. The Labute approximate surface area is 147 Å². The van der Waals surface area contributed by atoms with Crippen LogP contribution in [-0.4, -0.2) is 30.3 Å². The van der Waals surface area contributed by atoms with Crippen molar-refractivity contribution in [3.05, 3.63) is 42.1 Å². The molecule has 2 aromatic rings. The lowest BCUT2D eigenvalue weighted by atomic mass is 10.1. The Balaban J connectivity index is 1.78. The Morgan fingerprint density at radius 1 is 1.32 bits per heavy atom. The Kier molecular flexibility index (Phi) is 4.92. The highest BCUT2D eigenvalue weighted by molar-refractivity contribution is 5.81. The highest BCUT2D eigenvalue weighted by atomic mass is 16.6. The predicted octanol–water partition coefficient (Wildman–Crippen LogP) is 2.78. The minimum absolute atomic E-state index is 0.215. The molecule has 1 aromatic carbocycles. The van der Waals surface area contributed by atoms with E-state index in [1.54, 1.807) is 6.20 Å². The summed E-state index contributed by atoms with van der Waals surface area (Å²) in [6, 6.07) is 9.90. The maximum absolute atomic E-state index is 11.0. The van der Waals surface area contributed by atoms with Crippen LogP contribution in [-0.2, 0) is 4.74 Å². The SMILES string of the molecule is Cc1ccc(Nc2nccc(N3CCC[C@@H](OC(N)=O)C3)c2N)cc1. The number of carbonyl (C=O) groups excluding carboxylic acids is 1. The fourth-order valence-electron chi connectivity index (χ4n) is 3.03. The molecule has 1 amide bonds. The lowest BCUT2D eigenvalue weighted by Crippen LogP contribution is -2.41. The van der Waals surface area contributed by atoms with Crippen LogP contribution in [0.1, 0.15) is 18.4 Å². The molecule has 0 aliphatic carbocycles. The summed E-state index contributed by atoms with van der Waals surface area (Å²) < 4.78 is 5.14. The number of aryl methyl sites for hydroxylation is 1. The molecular weight excluding hydrogens is 318 g/mol. The van der Waals surface area contributed by atoms with Gasteiger partial charge >= 0.3 is 6.09 Å². The van der Waals surface area contributed by atoms with Gasteiger partial charge in [-0.15, -0.1) is 0 Å². The number of ether oxygens (including phenoxy) is 1. The molecule has 7 nitrogen and oxygen atoms in total. The number of hydrogen-bond acceptors (Lipinski definition) is 6. The van der Waals surface area contributed by atoms with E-state index in [9.17, 15) is 4.79 Å². The van der Waals surface area contributed by atoms with Crippen LogP contribution in [0.25, 0.3) is 0 Å². The Morgan fingerprint density at radius 2 is 2.08 bits per heavy atom. The van der Waals surface area contributed by atoms with Gasteiger partial charge in [-0.1, -0.05) is 17.7 Å². The summed E-state index contributed by atoms with van der Waals surface area (Å²) in [5.41, 5.74) is 15.0. The number of nitrogens with two attached hydrogens (primary N) is 2. The molecule has 0 saturated carbocycles. The number of nitrogens with zero attached hydrogens (tertiary/aromatic N) is 2. The van der Waals surface area contributed by atoms with Crippen LogP contribution in [0.5, 0.6) is 0 Å². The summed E-state index contributed by atoms with van der Waals surface area (Å²) in [5.74, 6) is 0.610. The van der Waals surface area contributed by atoms with E-state index in [4.69, 9.17) is 16.2 Å². The van der Waals surface area contributed by atoms with Crippen molar-refractivity contribution in [2.45, 2.75) is 25.9 Å². The van der Waals surface area contributed by atoms with Gasteiger partial charge in [-0.25, -0.2) is 9.78 Å². The first-order chi connectivity index (χ1) is 12.0. The van der Waals surface area contributed by atoms with Crippen LogP contribution in [0.15, 0.2) is 36.5 Å². The van der Waals surface area contributed by atoms with E-state index in [0.29, 0.717) is 18.1 Å². The third-order valence-electron chi connectivity index (χ3n) is 4.28. The highest BCUT2D eigenvalue weighted by Crippen LogP contribution is 2.32. The van der Waals surface area contributed by atoms with Crippen LogP contribution in [0, 0.1) is 6.92 Å². The van der Waals surface area contributed by atoms with E-state index in [2.05, 4.69) is 15.2 Å². The number of piperidine rings is 1. The zero-order valence-electron chi connectivity index (χ0n) is 14.2. The van der Waals surface area contributed by atoms with Gasteiger partial charge in [0.25, 0.3) is 0 Å². The Hall–Kier alpha value is -2.96. The second-order valence-electron chi connectivity index (χ2n) is 6.23. The van der Waals surface area contributed by atoms with Crippen molar-refractivity contribution in [2.75, 3.05) is 29.0 Å². The zero-order chi connectivity index (χ0) is 17.8. The topological polar surface area (TPSA) is 106 Å². The molecule has 0 bridgehead atoms. The number of carbonyl (C=O) groups is 1. The van der Waals surface area contributed by atoms with Crippen molar-refractivity contribution in [1.29, 1.82) is 0 Å². The standard InChI is InChI=1S/C18H23N5O2/c1-12-4-6-13(7-5-12)22-17-16(19)15(8-9-21-17)23-10-2-3-14(11-23)25-18(20)24/h4-9,14H,2-3,10-11,19H2,1H3,(H2,20,24)(H,21,22)/t14-/m1/s1. The predicted molar refractivity (Wildman–Crippen MR) is 99.0 cm³/mol. The Morgan fingerprint density at radius 3 is 2.80 bits per heavy atom. The lowest BCUT2D eigenvalue weighted by Gasteiger charge is -2.34. The molecule has 5 N–H and O–H groups in total. The summed E-state index contributed by atoms with van der Waals surface area (Å²) in [6.45, 7) is 3.45. The zero-order valence-corrected chi connectivity index (χ0v) is 14.2. The molecule has 0 radical (unpaired) electrons. The summed E-state index contributed by atoms with van der Waals surface area (Å²) in [6.07, 6.45) is 2.48. The fraction of sp³-hybridized carbons (Fsp3) is 0.333. The van der Waals surface area contributed by atoms with Crippen molar-refractivity contribution in [3.8, 4) is 0 Å². The van der Waals surface area contributed by atoms with Crippen LogP contribution in [0.3, 0.4) is 0 Å². The summed E-state index contributed by atoms with van der Waals surface area (Å²) in [4.78, 5) is 17.5. The average Bonchev–Trinajstić information content (AvgIpc) is 2.58. The molecule has 0 spiro atoms. The Bertz CT molecular complexity index is 748. The molecular formula is C18H23N5O2. The lowest BCUT2D eigenvalue weighted by molar-refractivity contribution is 0.0966. The minimum Gasteiger partial charge on any atom is -0.445 e. The number of nitrogens with one attached hydrogen (secondary N) is 1. The number of aromatic nitrogens is 1. The van der Waals surface area contributed by atoms with E-state index in [-0.39, 0.29) is 6.10 Å². The molecule has 1 aromatic heterocycles. The van der Waals surface area contributed by atoms with Gasteiger partial charge in [0.05, 0.1) is 17.9 Å². The van der Waals surface area contributed by atoms with Crippen molar-refractivity contribution in [2.24, 2.45) is 5.73 Å². The van der Waals surface area contributed by atoms with Gasteiger partial charge in [0.15, 0.2) is 5.82 Å². The molecule has 3 rings (SSSR count). The molecule has 2 heterocycles. The van der Waals surface area contributed by atoms with Crippen LogP contribution in [0.4, 0.5) is 27.7 Å². The van der Waals surface area contributed by atoms with Crippen LogP contribution >= 0.6 is 0 Å². The fourth-order valence-corrected chi connectivity index (χ4v) is 3.03. The summed E-state index contributed by atoms with van der Waals surface area (Å²) >= 11 is 0. The van der Waals surface area contributed by atoms with E-state index < -0.39 is 6.09 Å². The van der Waals surface area contributed by atoms with Crippen LogP contribution < -0.4 is 21.7 Å². The van der Waals surface area contributed by atoms with Gasteiger partial charge in [0, 0.05) is 18.4 Å².